The van der Waals surface area contributed by atoms with Gasteiger partial charge in [0.1, 0.15) is 5.75 Å². The van der Waals surface area contributed by atoms with Gasteiger partial charge in [-0.25, -0.2) is 0 Å². The minimum Gasteiger partial charge on any atom is -0.493 e. The van der Waals surface area contributed by atoms with Crippen molar-refractivity contribution in [1.29, 1.82) is 0 Å². The molecule has 0 bridgehead atoms. The number of rotatable bonds is 5. The van der Waals surface area contributed by atoms with Crippen molar-refractivity contribution in [3.05, 3.63) is 29.3 Å². The van der Waals surface area contributed by atoms with Crippen molar-refractivity contribution in [1.82, 2.24) is 0 Å². The molecule has 0 saturated heterocycles. The molecular formula is C12H19NO. The molecule has 2 N–H and O–H groups in total. The van der Waals surface area contributed by atoms with Crippen LogP contribution in [0.2, 0.25) is 0 Å². The van der Waals surface area contributed by atoms with Gasteiger partial charge in [-0.1, -0.05) is 25.5 Å². The number of hydrogen-bond acceptors (Lipinski definition) is 2. The zero-order valence-corrected chi connectivity index (χ0v) is 9.05. The quantitative estimate of drug-likeness (QED) is 0.730. The molecule has 2 heteroatoms. The van der Waals surface area contributed by atoms with E-state index < -0.39 is 0 Å². The van der Waals surface area contributed by atoms with Gasteiger partial charge in [-0.2, -0.15) is 0 Å². The van der Waals surface area contributed by atoms with E-state index >= 15 is 0 Å². The lowest BCUT2D eigenvalue weighted by Crippen LogP contribution is -2.03. The highest BCUT2D eigenvalue weighted by molar-refractivity contribution is 5.36. The maximum absolute atomic E-state index is 5.67. The van der Waals surface area contributed by atoms with Crippen molar-refractivity contribution in [2.24, 2.45) is 5.73 Å². The molecule has 1 aromatic carbocycles. The maximum atomic E-state index is 5.67. The third kappa shape index (κ3) is 3.04. The van der Waals surface area contributed by atoms with Crippen LogP contribution in [-0.4, -0.2) is 6.61 Å². The molecule has 0 aliphatic carbocycles. The fourth-order valence-electron chi connectivity index (χ4n) is 1.29. The van der Waals surface area contributed by atoms with E-state index in [2.05, 4.69) is 26.0 Å². The fraction of sp³-hybridized carbons (Fsp3) is 0.500. The highest BCUT2D eigenvalue weighted by Crippen LogP contribution is 2.19. The second kappa shape index (κ2) is 5.66. The van der Waals surface area contributed by atoms with Gasteiger partial charge >= 0.3 is 0 Å². The van der Waals surface area contributed by atoms with E-state index in [1.54, 1.807) is 0 Å². The second-order valence-electron chi connectivity index (χ2n) is 3.52. The highest BCUT2D eigenvalue weighted by atomic mass is 16.5. The van der Waals surface area contributed by atoms with E-state index in [1.165, 1.54) is 5.56 Å². The van der Waals surface area contributed by atoms with Crippen LogP contribution in [0.3, 0.4) is 0 Å². The summed E-state index contributed by atoms with van der Waals surface area (Å²) in [6.07, 6.45) is 2.25. The summed E-state index contributed by atoms with van der Waals surface area (Å²) in [7, 11) is 0. The molecule has 0 aromatic heterocycles. The normalized spacial score (nSPS) is 10.2. The zero-order valence-electron chi connectivity index (χ0n) is 9.05. The van der Waals surface area contributed by atoms with Gasteiger partial charge in [0.2, 0.25) is 0 Å². The van der Waals surface area contributed by atoms with Crippen LogP contribution in [0.1, 0.15) is 30.9 Å². The molecule has 0 radical (unpaired) electrons. The Morgan fingerprint density at radius 2 is 2.14 bits per heavy atom. The van der Waals surface area contributed by atoms with Gasteiger partial charge in [-0.05, 0) is 25.0 Å². The van der Waals surface area contributed by atoms with Crippen LogP contribution in [0.5, 0.6) is 5.75 Å². The van der Waals surface area contributed by atoms with Crippen LogP contribution in [0, 0.1) is 6.92 Å². The van der Waals surface area contributed by atoms with E-state index in [9.17, 15) is 0 Å². The highest BCUT2D eigenvalue weighted by Gasteiger charge is 2.01. The summed E-state index contributed by atoms with van der Waals surface area (Å²) >= 11 is 0. The molecule has 1 rings (SSSR count). The third-order valence-corrected chi connectivity index (χ3v) is 2.20. The van der Waals surface area contributed by atoms with Gasteiger partial charge in [0.05, 0.1) is 6.61 Å². The molecule has 0 saturated carbocycles. The minimum absolute atomic E-state index is 0.543. The summed E-state index contributed by atoms with van der Waals surface area (Å²) in [6, 6.07) is 6.16. The number of benzene rings is 1. The molecule has 1 aromatic rings. The zero-order chi connectivity index (χ0) is 10.4. The Balaban J connectivity index is 2.67. The standard InChI is InChI=1S/C12H19NO/c1-3-4-7-14-12-8-10(2)5-6-11(12)9-13/h5-6,8H,3-4,7,9,13H2,1-2H3. The van der Waals surface area contributed by atoms with Gasteiger partial charge in [-0.15, -0.1) is 0 Å². The maximum Gasteiger partial charge on any atom is 0.124 e. The molecule has 14 heavy (non-hydrogen) atoms. The van der Waals surface area contributed by atoms with Crippen molar-refractivity contribution in [3.8, 4) is 5.75 Å². The summed E-state index contributed by atoms with van der Waals surface area (Å²) < 4.78 is 5.67. The second-order valence-corrected chi connectivity index (χ2v) is 3.52. The summed E-state index contributed by atoms with van der Waals surface area (Å²) in [5.74, 6) is 0.945. The van der Waals surface area contributed by atoms with Gasteiger partial charge < -0.3 is 10.5 Å². The first-order valence-corrected chi connectivity index (χ1v) is 5.20. The lowest BCUT2D eigenvalue weighted by Gasteiger charge is -2.10. The lowest BCUT2D eigenvalue weighted by atomic mass is 10.1. The Morgan fingerprint density at radius 1 is 1.36 bits per heavy atom. The Hall–Kier alpha value is -1.02. The molecule has 0 aliphatic heterocycles. The number of hydrogen-bond donors (Lipinski definition) is 1. The first kappa shape index (κ1) is 11.1. The molecule has 0 fully saturated rings. The average Bonchev–Trinajstić information content (AvgIpc) is 2.19. The smallest absolute Gasteiger partial charge is 0.124 e. The Bertz CT molecular complexity index is 284. The number of nitrogens with two attached hydrogens (primary N) is 1. The summed E-state index contributed by atoms with van der Waals surface area (Å²) in [4.78, 5) is 0. The van der Waals surface area contributed by atoms with Crippen molar-refractivity contribution < 1.29 is 4.74 Å². The SMILES string of the molecule is CCCCOc1cc(C)ccc1CN. The van der Waals surface area contributed by atoms with Crippen LogP contribution in [0.15, 0.2) is 18.2 Å². The van der Waals surface area contributed by atoms with Gasteiger partial charge in [0.25, 0.3) is 0 Å². The molecular weight excluding hydrogens is 174 g/mol. The predicted octanol–water partition coefficient (Wildman–Crippen LogP) is 2.63. The summed E-state index contributed by atoms with van der Waals surface area (Å²) in [5.41, 5.74) is 7.93. The Morgan fingerprint density at radius 3 is 2.79 bits per heavy atom. The molecule has 2 nitrogen and oxygen atoms in total. The molecule has 0 aliphatic rings. The molecule has 0 spiro atoms. The average molecular weight is 193 g/mol. The van der Waals surface area contributed by atoms with Gasteiger partial charge in [0.15, 0.2) is 0 Å². The number of unbranched alkanes of at least 4 members (excludes halogenated alkanes) is 1. The van der Waals surface area contributed by atoms with E-state index in [1.807, 2.05) is 6.07 Å². The van der Waals surface area contributed by atoms with E-state index in [4.69, 9.17) is 10.5 Å². The molecule has 0 amide bonds. The van der Waals surface area contributed by atoms with Crippen molar-refractivity contribution in [2.75, 3.05) is 6.61 Å². The van der Waals surface area contributed by atoms with E-state index in [0.717, 1.165) is 30.8 Å². The minimum atomic E-state index is 0.543. The van der Waals surface area contributed by atoms with Crippen molar-refractivity contribution in [3.63, 3.8) is 0 Å². The summed E-state index contributed by atoms with van der Waals surface area (Å²) in [5, 5.41) is 0. The van der Waals surface area contributed by atoms with E-state index in [0.29, 0.717) is 6.54 Å². The summed E-state index contributed by atoms with van der Waals surface area (Å²) in [6.45, 7) is 5.55. The topological polar surface area (TPSA) is 35.2 Å². The van der Waals surface area contributed by atoms with Crippen LogP contribution in [0.4, 0.5) is 0 Å². The van der Waals surface area contributed by atoms with Crippen molar-refractivity contribution in [2.45, 2.75) is 33.2 Å². The van der Waals surface area contributed by atoms with Crippen LogP contribution in [-0.2, 0) is 6.54 Å². The Kier molecular flexibility index (Phi) is 4.47. The lowest BCUT2D eigenvalue weighted by molar-refractivity contribution is 0.306. The van der Waals surface area contributed by atoms with Crippen LogP contribution >= 0.6 is 0 Å². The largest absolute Gasteiger partial charge is 0.493 e. The van der Waals surface area contributed by atoms with Gasteiger partial charge in [0, 0.05) is 12.1 Å². The fourth-order valence-corrected chi connectivity index (χ4v) is 1.29. The predicted molar refractivity (Wildman–Crippen MR) is 59.5 cm³/mol. The number of aryl methyl sites for hydroxylation is 1. The van der Waals surface area contributed by atoms with Crippen LogP contribution < -0.4 is 10.5 Å². The first-order valence-electron chi connectivity index (χ1n) is 5.20. The van der Waals surface area contributed by atoms with E-state index in [-0.39, 0.29) is 0 Å². The molecule has 0 atom stereocenters. The van der Waals surface area contributed by atoms with Crippen molar-refractivity contribution >= 4 is 0 Å². The third-order valence-electron chi connectivity index (χ3n) is 2.20. The first-order chi connectivity index (χ1) is 6.77. The molecule has 0 heterocycles. The van der Waals surface area contributed by atoms with Gasteiger partial charge in [-0.3, -0.25) is 0 Å². The molecule has 78 valence electrons. The monoisotopic (exact) mass is 193 g/mol. The Labute approximate surface area is 86.1 Å². The number of ether oxygens (including phenoxy) is 1. The van der Waals surface area contributed by atoms with Crippen LogP contribution in [0.25, 0.3) is 0 Å². The molecule has 0 unspecified atom stereocenters.